The highest BCUT2D eigenvalue weighted by molar-refractivity contribution is 5.97. The van der Waals surface area contributed by atoms with E-state index in [2.05, 4.69) is 32.7 Å². The Hall–Kier alpha value is -2.52. The molecule has 0 aromatic carbocycles. The van der Waals surface area contributed by atoms with Crippen molar-refractivity contribution >= 4 is 23.6 Å². The van der Waals surface area contributed by atoms with Gasteiger partial charge in [-0.1, -0.05) is 33.8 Å². The summed E-state index contributed by atoms with van der Waals surface area (Å²) in [6.07, 6.45) is 2.67. The van der Waals surface area contributed by atoms with Crippen LogP contribution in [0, 0.1) is 23.7 Å². The molecule has 0 unspecified atom stereocenters. The van der Waals surface area contributed by atoms with Gasteiger partial charge in [-0.2, -0.15) is 0 Å². The van der Waals surface area contributed by atoms with Gasteiger partial charge in [0.1, 0.15) is 17.2 Å². The third-order valence-corrected chi connectivity index (χ3v) is 7.73. The highest BCUT2D eigenvalue weighted by Crippen LogP contribution is 2.36. The lowest BCUT2D eigenvalue weighted by Crippen LogP contribution is -2.59. The Morgan fingerprint density at radius 1 is 1.10 bits per heavy atom. The van der Waals surface area contributed by atoms with Crippen LogP contribution in [0.15, 0.2) is 18.3 Å². The number of rotatable bonds is 12. The number of piperidine rings is 1. The van der Waals surface area contributed by atoms with Gasteiger partial charge in [-0.25, -0.2) is 9.78 Å². The lowest BCUT2D eigenvalue weighted by molar-refractivity contribution is -0.140. The van der Waals surface area contributed by atoms with Crippen molar-refractivity contribution in [1.29, 1.82) is 0 Å². The molecule has 9 heteroatoms. The number of anilines is 1. The van der Waals surface area contributed by atoms with E-state index in [0.717, 1.165) is 24.8 Å². The van der Waals surface area contributed by atoms with E-state index in [9.17, 15) is 19.5 Å². The van der Waals surface area contributed by atoms with E-state index in [1.165, 1.54) is 4.90 Å². The van der Waals surface area contributed by atoms with Gasteiger partial charge >= 0.3 is 6.09 Å². The van der Waals surface area contributed by atoms with Crippen LogP contribution in [0.3, 0.4) is 0 Å². The molecule has 1 aliphatic heterocycles. The summed E-state index contributed by atoms with van der Waals surface area (Å²) in [5, 5.41) is 11.6. The van der Waals surface area contributed by atoms with Crippen LogP contribution < -0.4 is 4.90 Å². The summed E-state index contributed by atoms with van der Waals surface area (Å²) in [5.74, 6) is -1.16. The summed E-state index contributed by atoms with van der Waals surface area (Å²) < 4.78 is 11.3. The Labute approximate surface area is 246 Å². The van der Waals surface area contributed by atoms with Crippen molar-refractivity contribution in [2.24, 2.45) is 23.7 Å². The molecule has 2 fully saturated rings. The van der Waals surface area contributed by atoms with Crippen molar-refractivity contribution < 1.29 is 29.0 Å². The number of pyridine rings is 1. The van der Waals surface area contributed by atoms with Crippen molar-refractivity contribution in [3.05, 3.63) is 23.9 Å². The molecule has 230 valence electrons. The summed E-state index contributed by atoms with van der Waals surface area (Å²) in [6.45, 7) is 16.6. The zero-order chi connectivity index (χ0) is 30.5. The average Bonchev–Trinajstić information content (AvgIpc) is 3.71. The highest BCUT2D eigenvalue weighted by atomic mass is 16.6. The predicted octanol–water partition coefficient (Wildman–Crippen LogP) is 5.20. The number of amides is 2. The van der Waals surface area contributed by atoms with E-state index in [0.29, 0.717) is 30.9 Å². The van der Waals surface area contributed by atoms with Gasteiger partial charge in [-0.05, 0) is 76.3 Å². The second-order valence-electron chi connectivity index (χ2n) is 13.5. The quantitative estimate of drug-likeness (QED) is 0.366. The minimum absolute atomic E-state index is 0.00644. The maximum atomic E-state index is 14.2. The number of carbonyl (C=O) groups excluding carboxylic acids is 3. The Kier molecular flexibility index (Phi) is 11.3. The molecule has 0 radical (unpaired) electrons. The number of aliphatic hydroxyl groups excluding tert-OH is 1. The Morgan fingerprint density at radius 3 is 2.27 bits per heavy atom. The summed E-state index contributed by atoms with van der Waals surface area (Å²) >= 11 is 0. The zero-order valence-electron chi connectivity index (χ0n) is 26.3. The largest absolute Gasteiger partial charge is 0.444 e. The first-order valence-corrected chi connectivity index (χ1v) is 15.3. The lowest BCUT2D eigenvalue weighted by atomic mass is 9.79. The maximum absolute atomic E-state index is 14.2. The number of hydrogen-bond acceptors (Lipinski definition) is 7. The molecule has 0 spiro atoms. The number of aliphatic hydroxyl groups is 1. The van der Waals surface area contributed by atoms with Crippen LogP contribution in [0.1, 0.15) is 92.6 Å². The fraction of sp³-hybridized carbons (Fsp3) is 0.750. The molecule has 2 aliphatic rings. The van der Waals surface area contributed by atoms with Gasteiger partial charge in [-0.15, -0.1) is 0 Å². The number of carbonyl (C=O) groups is 3. The first-order valence-electron chi connectivity index (χ1n) is 15.3. The van der Waals surface area contributed by atoms with Crippen LogP contribution in [-0.4, -0.2) is 76.8 Å². The highest BCUT2D eigenvalue weighted by Gasteiger charge is 2.48. The zero-order valence-corrected chi connectivity index (χ0v) is 26.3. The van der Waals surface area contributed by atoms with Gasteiger partial charge in [-0.3, -0.25) is 14.5 Å². The smallest absolute Gasteiger partial charge is 0.410 e. The minimum Gasteiger partial charge on any atom is -0.444 e. The molecule has 4 atom stereocenters. The van der Waals surface area contributed by atoms with E-state index in [1.54, 1.807) is 31.9 Å². The van der Waals surface area contributed by atoms with Crippen LogP contribution in [0.2, 0.25) is 0 Å². The molecule has 1 saturated carbocycles. The summed E-state index contributed by atoms with van der Waals surface area (Å²) in [5.41, 5.74) is 0.327. The van der Waals surface area contributed by atoms with E-state index in [4.69, 9.17) is 9.47 Å². The topological polar surface area (TPSA) is 109 Å². The van der Waals surface area contributed by atoms with E-state index in [1.807, 2.05) is 19.1 Å². The molecule has 1 aromatic heterocycles. The van der Waals surface area contributed by atoms with Crippen molar-refractivity contribution in [2.45, 2.75) is 105 Å². The van der Waals surface area contributed by atoms with Crippen LogP contribution in [0.4, 0.5) is 10.6 Å². The molecule has 41 heavy (non-hydrogen) atoms. The summed E-state index contributed by atoms with van der Waals surface area (Å²) in [7, 11) is 0. The summed E-state index contributed by atoms with van der Waals surface area (Å²) in [4.78, 5) is 48.8. The minimum atomic E-state index is -1.23. The van der Waals surface area contributed by atoms with Gasteiger partial charge < -0.3 is 19.5 Å². The molecule has 1 aromatic rings. The van der Waals surface area contributed by atoms with Gasteiger partial charge in [0.25, 0.3) is 0 Å². The van der Waals surface area contributed by atoms with E-state index in [-0.39, 0.29) is 43.2 Å². The maximum Gasteiger partial charge on any atom is 0.410 e. The fourth-order valence-corrected chi connectivity index (χ4v) is 5.51. The number of ether oxygens (including phenoxy) is 2. The Balaban J connectivity index is 1.90. The van der Waals surface area contributed by atoms with Crippen molar-refractivity contribution in [2.75, 3.05) is 31.2 Å². The molecular weight excluding hydrogens is 522 g/mol. The number of Topliss-reactive ketones (excluding diaryl/α,β-unsaturated/α-hetero) is 1. The number of likely N-dealkylation sites (tertiary alicyclic amines) is 1. The molecule has 1 N–H and O–H groups in total. The van der Waals surface area contributed by atoms with Gasteiger partial charge in [0.2, 0.25) is 5.91 Å². The molecule has 1 aliphatic carbocycles. The molecule has 2 amide bonds. The van der Waals surface area contributed by atoms with Gasteiger partial charge in [0.15, 0.2) is 0 Å². The van der Waals surface area contributed by atoms with Gasteiger partial charge in [0, 0.05) is 45.0 Å². The Bertz CT molecular complexity index is 1030. The van der Waals surface area contributed by atoms with Crippen LogP contribution in [0.25, 0.3) is 0 Å². The van der Waals surface area contributed by atoms with E-state index < -0.39 is 29.6 Å². The predicted molar refractivity (Wildman–Crippen MR) is 159 cm³/mol. The lowest BCUT2D eigenvalue weighted by Gasteiger charge is -2.42. The average molecular weight is 574 g/mol. The second kappa shape index (κ2) is 14.1. The number of aromatic nitrogens is 1. The van der Waals surface area contributed by atoms with Gasteiger partial charge in [0.05, 0.1) is 17.9 Å². The van der Waals surface area contributed by atoms with Crippen molar-refractivity contribution in [3.63, 3.8) is 0 Å². The number of ketones is 1. The van der Waals surface area contributed by atoms with Crippen molar-refractivity contribution in [1.82, 2.24) is 9.88 Å². The monoisotopic (exact) mass is 573 g/mol. The standard InChI is InChI=1S/C32H51N3O6/c1-9-40-19-22(14-20(2)3)15-27(36)25-17-34(31(39)41-32(6,7)8)18-26(29(25)37)30(38)35(24-11-12-24)28-13-10-23(16-33-28)21(4)5/h10,13,16,20-22,24-26,29,37H,9,11-12,14-15,17-19H2,1-8H3/t22-,25-,26-,29+/m0/s1. The van der Waals surface area contributed by atoms with Crippen LogP contribution in [0.5, 0.6) is 0 Å². The normalized spacial score (nSPS) is 22.1. The third kappa shape index (κ3) is 9.23. The number of nitrogens with zero attached hydrogens (tertiary/aromatic N) is 3. The molecule has 0 bridgehead atoms. The SMILES string of the molecule is CCOC[C@H](CC(=O)[C@@H]1CN(C(=O)OC(C)(C)C)C[C@H](C(=O)N(c2ccc(C(C)C)cn2)C2CC2)[C@@H]1O)CC(C)C. The molecule has 9 nitrogen and oxygen atoms in total. The molecular formula is C32H51N3O6. The second-order valence-corrected chi connectivity index (χ2v) is 13.5. The van der Waals surface area contributed by atoms with Crippen LogP contribution >= 0.6 is 0 Å². The summed E-state index contributed by atoms with van der Waals surface area (Å²) in [6, 6.07) is 3.80. The third-order valence-electron chi connectivity index (χ3n) is 7.73. The first kappa shape index (κ1) is 33.0. The fourth-order valence-electron chi connectivity index (χ4n) is 5.51. The van der Waals surface area contributed by atoms with Crippen LogP contribution in [-0.2, 0) is 19.1 Å². The number of hydrogen-bond donors (Lipinski definition) is 1. The molecule has 1 saturated heterocycles. The molecule has 3 rings (SSSR count). The molecule has 2 heterocycles. The van der Waals surface area contributed by atoms with Crippen molar-refractivity contribution in [3.8, 4) is 0 Å². The Morgan fingerprint density at radius 2 is 1.76 bits per heavy atom. The van der Waals surface area contributed by atoms with E-state index >= 15 is 0 Å². The first-order chi connectivity index (χ1) is 19.2.